The number of anilines is 2. The smallest absolute Gasteiger partial charge is 0.296 e. The molecule has 40 heavy (non-hydrogen) atoms. The SMILES string of the molecule is CC(C(=O)N=O)C(C)C(=O)N(N)C1CCC(Nc2cc(S(=O)(=O)O)c(N)c3c2C(=O)c2ccccc2C3=O)CC1. The number of hydrogen-bond acceptors (Lipinski definition) is 10. The van der Waals surface area contributed by atoms with E-state index in [0.29, 0.717) is 25.7 Å². The van der Waals surface area contributed by atoms with E-state index in [1.54, 1.807) is 12.1 Å². The molecule has 2 unspecified atom stereocenters. The van der Waals surface area contributed by atoms with Gasteiger partial charge in [0, 0.05) is 40.0 Å². The molecule has 2 aromatic carbocycles. The molecule has 14 heteroatoms. The molecular formula is C26H29N5O8S. The number of carbonyl (C=O) groups is 4. The number of hydrazine groups is 1. The van der Waals surface area contributed by atoms with Crippen molar-refractivity contribution in [3.63, 3.8) is 0 Å². The highest BCUT2D eigenvalue weighted by Crippen LogP contribution is 2.40. The number of fused-ring (bicyclic) bond motifs is 2. The summed E-state index contributed by atoms with van der Waals surface area (Å²) in [6.45, 7) is 2.93. The van der Waals surface area contributed by atoms with Gasteiger partial charge < -0.3 is 11.1 Å². The van der Waals surface area contributed by atoms with Gasteiger partial charge in [0.05, 0.1) is 22.7 Å². The fraction of sp³-hybridized carbons (Fsp3) is 0.385. The zero-order chi connectivity index (χ0) is 29.5. The second-order valence-electron chi connectivity index (χ2n) is 10.2. The zero-order valence-electron chi connectivity index (χ0n) is 21.8. The lowest BCUT2D eigenvalue weighted by molar-refractivity contribution is -0.142. The molecule has 13 nitrogen and oxygen atoms in total. The van der Waals surface area contributed by atoms with Gasteiger partial charge in [-0.3, -0.25) is 28.7 Å². The topological polar surface area (TPSA) is 219 Å². The van der Waals surface area contributed by atoms with E-state index in [0.717, 1.165) is 11.1 Å². The van der Waals surface area contributed by atoms with Crippen LogP contribution >= 0.6 is 0 Å². The first-order valence-corrected chi connectivity index (χ1v) is 14.1. The van der Waals surface area contributed by atoms with Crippen LogP contribution in [0.3, 0.4) is 0 Å². The average Bonchev–Trinajstić information content (AvgIpc) is 2.94. The van der Waals surface area contributed by atoms with E-state index in [9.17, 15) is 37.1 Å². The maximum Gasteiger partial charge on any atom is 0.296 e. The van der Waals surface area contributed by atoms with Crippen molar-refractivity contribution in [1.29, 1.82) is 0 Å². The van der Waals surface area contributed by atoms with Gasteiger partial charge in [0.2, 0.25) is 5.91 Å². The predicted molar refractivity (Wildman–Crippen MR) is 144 cm³/mol. The maximum atomic E-state index is 13.5. The van der Waals surface area contributed by atoms with Crippen molar-refractivity contribution < 1.29 is 32.1 Å². The van der Waals surface area contributed by atoms with Gasteiger partial charge in [-0.15, -0.1) is 4.91 Å². The van der Waals surface area contributed by atoms with E-state index in [2.05, 4.69) is 10.5 Å². The highest BCUT2D eigenvalue weighted by atomic mass is 32.2. The van der Waals surface area contributed by atoms with Crippen molar-refractivity contribution >= 4 is 44.9 Å². The molecular weight excluding hydrogens is 542 g/mol. The Morgan fingerprint density at radius 2 is 1.57 bits per heavy atom. The molecule has 1 saturated carbocycles. The van der Waals surface area contributed by atoms with Gasteiger partial charge in [0.15, 0.2) is 11.6 Å². The standard InChI is InChI=1S/C26H29N5O8S/c1-12(25(34)30-36)13(2)26(35)31(28)15-9-7-14(8-10-15)29-18-11-19(40(37,38)39)22(27)21-20(18)23(32)16-5-3-4-6-17(16)24(21)33/h3-6,11-15,29H,7-10,27-28H2,1-2H3,(H,37,38,39). The van der Waals surface area contributed by atoms with Crippen LogP contribution in [0, 0.1) is 16.7 Å². The number of nitrogens with zero attached hydrogens (tertiary/aromatic N) is 2. The van der Waals surface area contributed by atoms with Crippen LogP contribution in [0.1, 0.15) is 71.4 Å². The fourth-order valence-electron chi connectivity index (χ4n) is 5.27. The van der Waals surface area contributed by atoms with E-state index in [-0.39, 0.29) is 40.0 Å². The summed E-state index contributed by atoms with van der Waals surface area (Å²) >= 11 is 0. The normalized spacial score (nSPS) is 20.1. The van der Waals surface area contributed by atoms with Crippen molar-refractivity contribution in [3.05, 3.63) is 57.5 Å². The number of ketones is 2. The van der Waals surface area contributed by atoms with Crippen LogP contribution in [0.25, 0.3) is 0 Å². The first-order chi connectivity index (χ1) is 18.8. The largest absolute Gasteiger partial charge is 0.397 e. The van der Waals surface area contributed by atoms with E-state index in [1.165, 1.54) is 26.0 Å². The van der Waals surface area contributed by atoms with E-state index in [4.69, 9.17) is 11.6 Å². The second-order valence-corrected chi connectivity index (χ2v) is 11.6. The number of nitrogen functional groups attached to an aromatic ring is 1. The molecule has 0 saturated heterocycles. The zero-order valence-corrected chi connectivity index (χ0v) is 22.6. The number of hydrogen-bond donors (Lipinski definition) is 4. The predicted octanol–water partition coefficient (Wildman–Crippen LogP) is 2.28. The Kier molecular flexibility index (Phi) is 7.87. The van der Waals surface area contributed by atoms with Crippen molar-refractivity contribution in [2.75, 3.05) is 11.1 Å². The molecule has 0 aliphatic heterocycles. The van der Waals surface area contributed by atoms with Crippen LogP contribution < -0.4 is 16.9 Å². The van der Waals surface area contributed by atoms with Gasteiger partial charge in [-0.1, -0.05) is 38.1 Å². The van der Waals surface area contributed by atoms with Gasteiger partial charge in [-0.25, -0.2) is 5.84 Å². The van der Waals surface area contributed by atoms with Gasteiger partial charge in [0.25, 0.3) is 16.0 Å². The van der Waals surface area contributed by atoms with Gasteiger partial charge >= 0.3 is 0 Å². The average molecular weight is 572 g/mol. The van der Waals surface area contributed by atoms with Crippen LogP contribution in [0.15, 0.2) is 40.4 Å². The molecule has 6 N–H and O–H groups in total. The van der Waals surface area contributed by atoms with Crippen LogP contribution in [0.2, 0.25) is 0 Å². The molecule has 4 rings (SSSR count). The number of carbonyl (C=O) groups excluding carboxylic acids is 4. The van der Waals surface area contributed by atoms with Gasteiger partial charge in [-0.05, 0) is 31.7 Å². The summed E-state index contributed by atoms with van der Waals surface area (Å²) < 4.78 is 34.0. The fourth-order valence-corrected chi connectivity index (χ4v) is 5.91. The molecule has 2 aliphatic rings. The lowest BCUT2D eigenvalue weighted by atomic mass is 9.82. The number of benzene rings is 2. The quantitative estimate of drug-likeness (QED) is 0.0804. The molecule has 2 atom stereocenters. The Morgan fingerprint density at radius 1 is 1.02 bits per heavy atom. The Hall–Kier alpha value is -4.01. The van der Waals surface area contributed by atoms with E-state index < -0.39 is 55.9 Å². The molecule has 1 fully saturated rings. The molecule has 212 valence electrons. The Morgan fingerprint density at radius 3 is 2.10 bits per heavy atom. The highest BCUT2D eigenvalue weighted by Gasteiger charge is 2.38. The Labute approximate surface area is 230 Å². The summed E-state index contributed by atoms with van der Waals surface area (Å²) in [6, 6.07) is 6.48. The van der Waals surface area contributed by atoms with Gasteiger partial charge in [0.1, 0.15) is 4.90 Å². The van der Waals surface area contributed by atoms with Crippen molar-refractivity contribution in [2.45, 2.75) is 56.5 Å². The van der Waals surface area contributed by atoms with Crippen molar-refractivity contribution in [1.82, 2.24) is 5.01 Å². The number of nitrogens with two attached hydrogens (primary N) is 2. The first kappa shape index (κ1) is 29.0. The monoisotopic (exact) mass is 571 g/mol. The minimum atomic E-state index is -4.84. The van der Waals surface area contributed by atoms with Crippen molar-refractivity contribution in [2.24, 2.45) is 22.9 Å². The molecule has 0 bridgehead atoms. The highest BCUT2D eigenvalue weighted by molar-refractivity contribution is 7.86. The van der Waals surface area contributed by atoms with E-state index >= 15 is 0 Å². The number of nitrogens with one attached hydrogen (secondary N) is 1. The third-order valence-corrected chi connectivity index (χ3v) is 8.69. The second kappa shape index (κ2) is 10.9. The summed E-state index contributed by atoms with van der Waals surface area (Å²) in [5, 5.41) is 6.59. The molecule has 2 aliphatic carbocycles. The summed E-state index contributed by atoms with van der Waals surface area (Å²) in [6.07, 6.45) is 1.75. The third kappa shape index (κ3) is 5.12. The van der Waals surface area contributed by atoms with Gasteiger partial charge in [-0.2, -0.15) is 8.42 Å². The minimum absolute atomic E-state index is 0.0381. The lowest BCUT2D eigenvalue weighted by Gasteiger charge is -2.36. The summed E-state index contributed by atoms with van der Waals surface area (Å²) in [4.78, 5) is 61.0. The van der Waals surface area contributed by atoms with Crippen molar-refractivity contribution in [3.8, 4) is 0 Å². The molecule has 0 radical (unpaired) electrons. The Balaban J connectivity index is 1.59. The van der Waals surface area contributed by atoms with E-state index in [1.807, 2.05) is 0 Å². The lowest BCUT2D eigenvalue weighted by Crippen LogP contribution is -2.51. The van der Waals surface area contributed by atoms with Crippen LogP contribution in [-0.4, -0.2) is 53.4 Å². The summed E-state index contributed by atoms with van der Waals surface area (Å²) in [5.74, 6) is 1.71. The molecule has 2 amide bonds. The number of amides is 2. The van der Waals surface area contributed by atoms with Crippen LogP contribution in [0.5, 0.6) is 0 Å². The first-order valence-electron chi connectivity index (χ1n) is 12.6. The number of nitroso groups, excluding NO2 is 1. The Bertz CT molecular complexity index is 1530. The van der Waals surface area contributed by atoms with Crippen LogP contribution in [-0.2, 0) is 19.7 Å². The number of rotatable bonds is 7. The molecule has 0 aromatic heterocycles. The summed E-state index contributed by atoms with van der Waals surface area (Å²) in [5.41, 5.74) is 5.39. The maximum absolute atomic E-state index is 13.5. The molecule has 2 aromatic rings. The summed E-state index contributed by atoms with van der Waals surface area (Å²) in [7, 11) is -4.84. The van der Waals surface area contributed by atoms with Crippen LogP contribution in [0.4, 0.5) is 11.4 Å². The molecule has 0 spiro atoms. The third-order valence-electron chi connectivity index (χ3n) is 7.80. The minimum Gasteiger partial charge on any atom is -0.397 e. The molecule has 0 heterocycles.